The number of hydrogen-bond donors (Lipinski definition) is 2. The normalized spacial score (nSPS) is 14.0. The van der Waals surface area contributed by atoms with Crippen molar-refractivity contribution in [3.8, 4) is 0 Å². The Morgan fingerprint density at radius 3 is 2.64 bits per heavy atom. The standard InChI is InChI=1S/C11H18N2O/c1-11(2,3)9(14)7-8-5-4-6-13-10(8)12/h4-6,9,14H,7H2,1-3H3,(H2,12,13). The zero-order chi connectivity index (χ0) is 10.8. The monoisotopic (exact) mass is 194 g/mol. The van der Waals surface area contributed by atoms with Crippen molar-refractivity contribution in [2.75, 3.05) is 5.73 Å². The van der Waals surface area contributed by atoms with Crippen LogP contribution in [0.2, 0.25) is 0 Å². The first-order chi connectivity index (χ1) is 6.41. The van der Waals surface area contributed by atoms with Gasteiger partial charge in [0.25, 0.3) is 0 Å². The molecule has 3 nitrogen and oxygen atoms in total. The molecular weight excluding hydrogens is 176 g/mol. The van der Waals surface area contributed by atoms with Crippen LogP contribution in [-0.2, 0) is 6.42 Å². The number of aromatic nitrogens is 1. The number of pyridine rings is 1. The minimum absolute atomic E-state index is 0.123. The van der Waals surface area contributed by atoms with Gasteiger partial charge in [-0.3, -0.25) is 0 Å². The number of nitrogens with two attached hydrogens (primary N) is 1. The van der Waals surface area contributed by atoms with E-state index in [0.29, 0.717) is 12.2 Å². The Hall–Kier alpha value is -1.09. The third-order valence-corrected chi connectivity index (χ3v) is 2.34. The molecule has 14 heavy (non-hydrogen) atoms. The molecule has 0 aliphatic heterocycles. The summed E-state index contributed by atoms with van der Waals surface area (Å²) in [6, 6.07) is 3.73. The highest BCUT2D eigenvalue weighted by molar-refractivity contribution is 5.38. The summed E-state index contributed by atoms with van der Waals surface area (Å²) in [6.07, 6.45) is 1.82. The lowest BCUT2D eigenvalue weighted by molar-refractivity contribution is 0.0637. The molecule has 0 fully saturated rings. The molecule has 0 saturated carbocycles. The van der Waals surface area contributed by atoms with Crippen LogP contribution in [0.4, 0.5) is 5.82 Å². The van der Waals surface area contributed by atoms with Crippen LogP contribution < -0.4 is 5.73 Å². The molecule has 0 amide bonds. The first-order valence-electron chi connectivity index (χ1n) is 4.78. The first kappa shape index (κ1) is 11.0. The van der Waals surface area contributed by atoms with Crippen LogP contribution in [0.1, 0.15) is 26.3 Å². The molecule has 3 N–H and O–H groups in total. The van der Waals surface area contributed by atoms with E-state index in [2.05, 4.69) is 4.98 Å². The molecular formula is C11H18N2O. The zero-order valence-electron chi connectivity index (χ0n) is 8.99. The first-order valence-corrected chi connectivity index (χ1v) is 4.78. The van der Waals surface area contributed by atoms with E-state index in [1.54, 1.807) is 6.20 Å². The number of hydrogen-bond acceptors (Lipinski definition) is 3. The minimum Gasteiger partial charge on any atom is -0.392 e. The van der Waals surface area contributed by atoms with Crippen LogP contribution in [-0.4, -0.2) is 16.2 Å². The second-order valence-electron chi connectivity index (χ2n) is 4.63. The van der Waals surface area contributed by atoms with E-state index in [4.69, 9.17) is 5.73 Å². The molecule has 1 rings (SSSR count). The molecule has 1 aromatic heterocycles. The van der Waals surface area contributed by atoms with E-state index >= 15 is 0 Å². The maximum Gasteiger partial charge on any atom is 0.126 e. The van der Waals surface area contributed by atoms with Crippen molar-refractivity contribution >= 4 is 5.82 Å². The molecule has 1 atom stereocenters. The van der Waals surface area contributed by atoms with Crippen LogP contribution in [0.3, 0.4) is 0 Å². The van der Waals surface area contributed by atoms with Crippen molar-refractivity contribution in [1.29, 1.82) is 0 Å². The molecule has 0 radical (unpaired) electrons. The van der Waals surface area contributed by atoms with E-state index in [1.807, 2.05) is 32.9 Å². The van der Waals surface area contributed by atoms with Gasteiger partial charge in [0.05, 0.1) is 6.10 Å². The predicted molar refractivity (Wildman–Crippen MR) is 57.8 cm³/mol. The largest absolute Gasteiger partial charge is 0.392 e. The van der Waals surface area contributed by atoms with Crippen molar-refractivity contribution in [1.82, 2.24) is 4.98 Å². The van der Waals surface area contributed by atoms with Gasteiger partial charge in [0.1, 0.15) is 5.82 Å². The topological polar surface area (TPSA) is 59.1 Å². The van der Waals surface area contributed by atoms with Gasteiger partial charge in [-0.1, -0.05) is 26.8 Å². The summed E-state index contributed by atoms with van der Waals surface area (Å²) < 4.78 is 0. The molecule has 1 unspecified atom stereocenters. The van der Waals surface area contributed by atoms with Crippen molar-refractivity contribution in [2.24, 2.45) is 5.41 Å². The molecule has 0 aliphatic carbocycles. The number of aliphatic hydroxyl groups is 1. The highest BCUT2D eigenvalue weighted by Crippen LogP contribution is 2.23. The third kappa shape index (κ3) is 2.70. The van der Waals surface area contributed by atoms with Crippen LogP contribution in [0.15, 0.2) is 18.3 Å². The Labute approximate surface area is 85.0 Å². The molecule has 1 aromatic rings. The van der Waals surface area contributed by atoms with E-state index in [9.17, 15) is 5.11 Å². The van der Waals surface area contributed by atoms with Gasteiger partial charge in [-0.05, 0) is 17.0 Å². The summed E-state index contributed by atoms with van der Waals surface area (Å²) >= 11 is 0. The maximum absolute atomic E-state index is 9.88. The summed E-state index contributed by atoms with van der Waals surface area (Å²) in [7, 11) is 0. The Morgan fingerprint density at radius 1 is 1.50 bits per heavy atom. The summed E-state index contributed by atoms with van der Waals surface area (Å²) in [5.41, 5.74) is 6.48. The Kier molecular flexibility index (Phi) is 3.11. The summed E-state index contributed by atoms with van der Waals surface area (Å²) in [6.45, 7) is 6.01. The summed E-state index contributed by atoms with van der Waals surface area (Å²) in [5.74, 6) is 0.510. The number of anilines is 1. The van der Waals surface area contributed by atoms with Crippen LogP contribution in [0.5, 0.6) is 0 Å². The Balaban J connectivity index is 2.75. The maximum atomic E-state index is 9.88. The van der Waals surface area contributed by atoms with Gasteiger partial charge >= 0.3 is 0 Å². The van der Waals surface area contributed by atoms with Crippen LogP contribution in [0, 0.1) is 5.41 Å². The smallest absolute Gasteiger partial charge is 0.126 e. The van der Waals surface area contributed by atoms with Gasteiger partial charge in [-0.2, -0.15) is 0 Å². The predicted octanol–water partition coefficient (Wildman–Crippen LogP) is 1.61. The fourth-order valence-electron chi connectivity index (χ4n) is 1.14. The Morgan fingerprint density at radius 2 is 2.14 bits per heavy atom. The second-order valence-corrected chi connectivity index (χ2v) is 4.63. The van der Waals surface area contributed by atoms with E-state index in [0.717, 1.165) is 5.56 Å². The van der Waals surface area contributed by atoms with E-state index < -0.39 is 6.10 Å². The summed E-state index contributed by atoms with van der Waals surface area (Å²) in [4.78, 5) is 3.98. The lowest BCUT2D eigenvalue weighted by Gasteiger charge is -2.26. The van der Waals surface area contributed by atoms with Crippen molar-refractivity contribution in [2.45, 2.75) is 33.3 Å². The fourth-order valence-corrected chi connectivity index (χ4v) is 1.14. The molecule has 3 heteroatoms. The average Bonchev–Trinajstić information content (AvgIpc) is 2.07. The van der Waals surface area contributed by atoms with Gasteiger partial charge in [0, 0.05) is 12.6 Å². The van der Waals surface area contributed by atoms with Crippen molar-refractivity contribution < 1.29 is 5.11 Å². The van der Waals surface area contributed by atoms with E-state index in [1.165, 1.54) is 0 Å². The molecule has 78 valence electrons. The lowest BCUT2D eigenvalue weighted by atomic mass is 9.85. The number of rotatable bonds is 2. The SMILES string of the molecule is CC(C)(C)C(O)Cc1cccnc1N. The highest BCUT2D eigenvalue weighted by Gasteiger charge is 2.22. The summed E-state index contributed by atoms with van der Waals surface area (Å²) in [5, 5.41) is 9.88. The van der Waals surface area contributed by atoms with Crippen LogP contribution in [0.25, 0.3) is 0 Å². The van der Waals surface area contributed by atoms with Gasteiger partial charge < -0.3 is 10.8 Å². The third-order valence-electron chi connectivity index (χ3n) is 2.34. The van der Waals surface area contributed by atoms with Crippen LogP contribution >= 0.6 is 0 Å². The quantitative estimate of drug-likeness (QED) is 0.752. The van der Waals surface area contributed by atoms with Gasteiger partial charge in [0.2, 0.25) is 0 Å². The molecule has 0 bridgehead atoms. The second kappa shape index (κ2) is 3.96. The molecule has 0 spiro atoms. The van der Waals surface area contributed by atoms with Crippen molar-refractivity contribution in [3.05, 3.63) is 23.9 Å². The molecule has 0 saturated heterocycles. The van der Waals surface area contributed by atoms with Gasteiger partial charge in [-0.25, -0.2) is 4.98 Å². The van der Waals surface area contributed by atoms with Crippen molar-refractivity contribution in [3.63, 3.8) is 0 Å². The zero-order valence-corrected chi connectivity index (χ0v) is 8.99. The fraction of sp³-hybridized carbons (Fsp3) is 0.545. The molecule has 0 aliphatic rings. The molecule has 1 heterocycles. The van der Waals surface area contributed by atoms with Gasteiger partial charge in [0.15, 0.2) is 0 Å². The Bertz CT molecular complexity index is 304. The minimum atomic E-state index is -0.394. The van der Waals surface area contributed by atoms with E-state index in [-0.39, 0.29) is 5.41 Å². The van der Waals surface area contributed by atoms with Gasteiger partial charge in [-0.15, -0.1) is 0 Å². The molecule has 0 aromatic carbocycles. The average molecular weight is 194 g/mol. The lowest BCUT2D eigenvalue weighted by Crippen LogP contribution is -2.28. The number of nitrogens with zero attached hydrogens (tertiary/aromatic N) is 1. The number of aliphatic hydroxyl groups excluding tert-OH is 1. The number of nitrogen functional groups attached to an aromatic ring is 1. The highest BCUT2D eigenvalue weighted by atomic mass is 16.3.